The van der Waals surface area contributed by atoms with Gasteiger partial charge in [-0.3, -0.25) is 9.59 Å². The minimum atomic E-state index is -0.403. The molecule has 0 radical (unpaired) electrons. The average molecular weight is 369 g/mol. The van der Waals surface area contributed by atoms with Crippen LogP contribution >= 0.6 is 11.6 Å². The van der Waals surface area contributed by atoms with Crippen molar-refractivity contribution >= 4 is 34.2 Å². The fraction of sp³-hybridized carbons (Fsp3) is 0.100. The van der Waals surface area contributed by atoms with Gasteiger partial charge in [0.2, 0.25) is 0 Å². The Labute approximate surface area is 155 Å². The number of phenolic OH excluding ortho intramolecular Hbond substituents is 1. The molecule has 0 unspecified atom stereocenters. The van der Waals surface area contributed by atoms with Crippen LogP contribution in [0.15, 0.2) is 60.7 Å². The molecule has 0 spiro atoms. The molecule has 0 aliphatic carbocycles. The van der Waals surface area contributed by atoms with Crippen molar-refractivity contribution < 1.29 is 14.7 Å². The fourth-order valence-corrected chi connectivity index (χ4v) is 2.82. The predicted molar refractivity (Wildman–Crippen MR) is 102 cm³/mol. The summed E-state index contributed by atoms with van der Waals surface area (Å²) in [6, 6.07) is 17.4. The number of aromatic hydroxyl groups is 1. The van der Waals surface area contributed by atoms with Crippen molar-refractivity contribution in [3.8, 4) is 5.75 Å². The van der Waals surface area contributed by atoms with Crippen LogP contribution in [0.2, 0.25) is 5.02 Å². The SMILES string of the molecule is O=C(NCCNC(=O)c1ccccc1Cl)c1cc2ccccc2cc1O. The molecule has 0 bridgehead atoms. The number of amides is 2. The van der Waals surface area contributed by atoms with Crippen molar-refractivity contribution in [2.24, 2.45) is 0 Å². The van der Waals surface area contributed by atoms with Gasteiger partial charge in [0.15, 0.2) is 0 Å². The van der Waals surface area contributed by atoms with Gasteiger partial charge in [-0.25, -0.2) is 0 Å². The quantitative estimate of drug-likeness (QED) is 0.604. The second kappa shape index (κ2) is 7.89. The largest absolute Gasteiger partial charge is 0.507 e. The monoisotopic (exact) mass is 368 g/mol. The zero-order valence-corrected chi connectivity index (χ0v) is 14.6. The first-order valence-corrected chi connectivity index (χ1v) is 8.47. The Morgan fingerprint density at radius 2 is 1.35 bits per heavy atom. The number of fused-ring (bicyclic) bond motifs is 1. The van der Waals surface area contributed by atoms with Crippen LogP contribution in [0.25, 0.3) is 10.8 Å². The van der Waals surface area contributed by atoms with E-state index >= 15 is 0 Å². The van der Waals surface area contributed by atoms with Gasteiger partial charge in [0.1, 0.15) is 5.75 Å². The Bertz CT molecular complexity index is 972. The number of hydrogen-bond acceptors (Lipinski definition) is 3. The van der Waals surface area contributed by atoms with E-state index in [0.717, 1.165) is 10.8 Å². The molecule has 0 aliphatic rings. The Kier molecular flexibility index (Phi) is 5.39. The third kappa shape index (κ3) is 3.95. The van der Waals surface area contributed by atoms with Gasteiger partial charge in [0, 0.05) is 13.1 Å². The first kappa shape index (κ1) is 17.8. The summed E-state index contributed by atoms with van der Waals surface area (Å²) in [4.78, 5) is 24.3. The Morgan fingerprint density at radius 1 is 0.808 bits per heavy atom. The van der Waals surface area contributed by atoms with Gasteiger partial charge in [0.25, 0.3) is 11.8 Å². The van der Waals surface area contributed by atoms with E-state index in [1.54, 1.807) is 36.4 Å². The molecule has 3 N–H and O–H groups in total. The van der Waals surface area contributed by atoms with Gasteiger partial charge in [-0.2, -0.15) is 0 Å². The molecule has 0 saturated heterocycles. The summed E-state index contributed by atoms with van der Waals surface area (Å²) in [6.45, 7) is 0.464. The molecule has 0 aromatic heterocycles. The minimum absolute atomic E-state index is 0.0821. The molecular weight excluding hydrogens is 352 g/mol. The summed E-state index contributed by atoms with van der Waals surface area (Å²) in [5, 5.41) is 17.5. The highest BCUT2D eigenvalue weighted by Crippen LogP contribution is 2.24. The van der Waals surface area contributed by atoms with Crippen LogP contribution < -0.4 is 10.6 Å². The van der Waals surface area contributed by atoms with E-state index in [0.29, 0.717) is 10.6 Å². The standard InChI is InChI=1S/C20H17ClN2O3/c21-17-8-4-3-7-15(17)19(25)22-9-10-23-20(26)16-11-13-5-1-2-6-14(13)12-18(16)24/h1-8,11-12,24H,9-10H2,(H,22,25)(H,23,26). The average Bonchev–Trinajstić information content (AvgIpc) is 2.64. The number of nitrogens with one attached hydrogen (secondary N) is 2. The molecule has 26 heavy (non-hydrogen) atoms. The summed E-state index contributed by atoms with van der Waals surface area (Å²) in [6.07, 6.45) is 0. The first-order chi connectivity index (χ1) is 12.6. The molecule has 0 atom stereocenters. The maximum atomic E-state index is 12.3. The summed E-state index contributed by atoms with van der Waals surface area (Å²) in [5.74, 6) is -0.792. The number of carbonyl (C=O) groups excluding carboxylic acids is 2. The molecular formula is C20H17ClN2O3. The van der Waals surface area contributed by atoms with Crippen molar-refractivity contribution in [3.63, 3.8) is 0 Å². The van der Waals surface area contributed by atoms with E-state index in [1.165, 1.54) is 0 Å². The van der Waals surface area contributed by atoms with Gasteiger partial charge < -0.3 is 15.7 Å². The third-order valence-corrected chi connectivity index (χ3v) is 4.25. The van der Waals surface area contributed by atoms with Crippen LogP contribution in [-0.2, 0) is 0 Å². The summed E-state index contributed by atoms with van der Waals surface area (Å²) in [5.41, 5.74) is 0.578. The van der Waals surface area contributed by atoms with Crippen LogP contribution in [0.3, 0.4) is 0 Å². The Hall–Kier alpha value is -3.05. The number of hydrogen-bond donors (Lipinski definition) is 3. The van der Waals surface area contributed by atoms with Gasteiger partial charge in [-0.05, 0) is 35.0 Å². The number of benzene rings is 3. The second-order valence-corrected chi connectivity index (χ2v) is 6.12. The van der Waals surface area contributed by atoms with E-state index in [9.17, 15) is 14.7 Å². The highest BCUT2D eigenvalue weighted by molar-refractivity contribution is 6.33. The lowest BCUT2D eigenvalue weighted by Gasteiger charge is -2.10. The van der Waals surface area contributed by atoms with Crippen LogP contribution in [-0.4, -0.2) is 30.0 Å². The van der Waals surface area contributed by atoms with Crippen molar-refractivity contribution in [1.82, 2.24) is 10.6 Å². The summed E-state index contributed by atoms with van der Waals surface area (Å²) >= 11 is 5.97. The molecule has 5 nitrogen and oxygen atoms in total. The fourth-order valence-electron chi connectivity index (χ4n) is 2.60. The zero-order valence-electron chi connectivity index (χ0n) is 13.8. The maximum absolute atomic E-state index is 12.3. The number of carbonyl (C=O) groups is 2. The van der Waals surface area contributed by atoms with Crippen molar-refractivity contribution in [3.05, 3.63) is 76.8 Å². The summed E-state index contributed by atoms with van der Waals surface area (Å²) in [7, 11) is 0. The van der Waals surface area contributed by atoms with Crippen molar-refractivity contribution in [2.75, 3.05) is 13.1 Å². The molecule has 3 rings (SSSR count). The minimum Gasteiger partial charge on any atom is -0.507 e. The van der Waals surface area contributed by atoms with Gasteiger partial charge >= 0.3 is 0 Å². The van der Waals surface area contributed by atoms with Crippen LogP contribution in [0.4, 0.5) is 0 Å². The lowest BCUT2D eigenvalue weighted by molar-refractivity contribution is 0.0926. The molecule has 0 aliphatic heterocycles. The molecule has 3 aromatic carbocycles. The topological polar surface area (TPSA) is 78.4 Å². The molecule has 3 aromatic rings. The molecule has 2 amide bonds. The highest BCUT2D eigenvalue weighted by atomic mass is 35.5. The normalized spacial score (nSPS) is 10.5. The molecule has 132 valence electrons. The van der Waals surface area contributed by atoms with Crippen molar-refractivity contribution in [1.29, 1.82) is 0 Å². The zero-order chi connectivity index (χ0) is 18.5. The van der Waals surface area contributed by atoms with E-state index < -0.39 is 5.91 Å². The van der Waals surface area contributed by atoms with Crippen LogP contribution in [0.1, 0.15) is 20.7 Å². The predicted octanol–water partition coefficient (Wildman–Crippen LogP) is 3.36. The molecule has 0 fully saturated rings. The lowest BCUT2D eigenvalue weighted by atomic mass is 10.1. The second-order valence-electron chi connectivity index (χ2n) is 5.71. The smallest absolute Gasteiger partial charge is 0.255 e. The van der Waals surface area contributed by atoms with E-state index in [1.807, 2.05) is 24.3 Å². The van der Waals surface area contributed by atoms with Crippen LogP contribution in [0.5, 0.6) is 5.75 Å². The highest BCUT2D eigenvalue weighted by Gasteiger charge is 2.13. The van der Waals surface area contributed by atoms with Gasteiger partial charge in [0.05, 0.1) is 16.1 Å². The summed E-state index contributed by atoms with van der Waals surface area (Å²) < 4.78 is 0. The van der Waals surface area contributed by atoms with Crippen LogP contribution in [0, 0.1) is 0 Å². The van der Waals surface area contributed by atoms with Gasteiger partial charge in [-0.15, -0.1) is 0 Å². The maximum Gasteiger partial charge on any atom is 0.255 e. The number of halogens is 1. The Balaban J connectivity index is 1.57. The third-order valence-electron chi connectivity index (χ3n) is 3.92. The lowest BCUT2D eigenvalue weighted by Crippen LogP contribution is -2.34. The van der Waals surface area contributed by atoms with E-state index in [-0.39, 0.29) is 30.3 Å². The van der Waals surface area contributed by atoms with Crippen molar-refractivity contribution in [2.45, 2.75) is 0 Å². The van der Waals surface area contributed by atoms with Gasteiger partial charge in [-0.1, -0.05) is 48.0 Å². The van der Waals surface area contributed by atoms with E-state index in [2.05, 4.69) is 10.6 Å². The number of rotatable bonds is 5. The molecule has 0 saturated carbocycles. The first-order valence-electron chi connectivity index (χ1n) is 8.09. The molecule has 0 heterocycles. The van der Waals surface area contributed by atoms with E-state index in [4.69, 9.17) is 11.6 Å². The molecule has 6 heteroatoms. The Morgan fingerprint density at radius 3 is 2.00 bits per heavy atom. The number of phenols is 1.